The summed E-state index contributed by atoms with van der Waals surface area (Å²) in [5, 5.41) is 10.6. The van der Waals surface area contributed by atoms with Gasteiger partial charge in [-0.1, -0.05) is 0 Å². The minimum absolute atomic E-state index is 0.0265. The maximum atomic E-state index is 14.0. The fraction of sp³-hybridized carbons (Fsp3) is 0.481. The summed E-state index contributed by atoms with van der Waals surface area (Å²) >= 11 is 0. The number of amides is 2. The van der Waals surface area contributed by atoms with Gasteiger partial charge in [-0.15, -0.1) is 0 Å². The number of alkyl halides is 6. The molecule has 2 heterocycles. The van der Waals surface area contributed by atoms with Gasteiger partial charge in [0.1, 0.15) is 17.5 Å². The van der Waals surface area contributed by atoms with Crippen LogP contribution >= 0.6 is 0 Å². The fourth-order valence-corrected chi connectivity index (χ4v) is 5.99. The van der Waals surface area contributed by atoms with Crippen molar-refractivity contribution in [3.05, 3.63) is 64.5 Å². The molecule has 6 nitrogen and oxygen atoms in total. The highest BCUT2D eigenvalue weighted by molar-refractivity contribution is 5.82. The van der Waals surface area contributed by atoms with Gasteiger partial charge in [0.15, 0.2) is 0 Å². The van der Waals surface area contributed by atoms with Gasteiger partial charge in [-0.2, -0.15) is 35.6 Å². The third-order valence-corrected chi connectivity index (χ3v) is 8.08. The number of rotatable bonds is 3. The number of benzene rings is 2. The maximum absolute atomic E-state index is 14.0. The number of aryl methyl sites for hydroxylation is 1. The predicted octanol–water partition coefficient (Wildman–Crippen LogP) is 6.22. The molecule has 0 aliphatic carbocycles. The van der Waals surface area contributed by atoms with E-state index in [1.165, 1.54) is 19.9 Å². The van der Waals surface area contributed by atoms with Crippen LogP contribution in [0.1, 0.15) is 48.1 Å². The van der Waals surface area contributed by atoms with E-state index in [0.717, 1.165) is 12.1 Å². The Labute approximate surface area is 226 Å². The van der Waals surface area contributed by atoms with E-state index in [0.29, 0.717) is 49.4 Å². The highest BCUT2D eigenvalue weighted by atomic mass is 19.4. The lowest BCUT2D eigenvalue weighted by Crippen LogP contribution is -2.63. The van der Waals surface area contributed by atoms with E-state index in [2.05, 4.69) is 4.90 Å². The lowest BCUT2D eigenvalue weighted by molar-refractivity contribution is -0.143. The largest absolute Gasteiger partial charge is 0.519 e. The molecule has 2 saturated heterocycles. The number of halogens is 7. The van der Waals surface area contributed by atoms with Crippen LogP contribution in [0.25, 0.3) is 0 Å². The minimum atomic E-state index is -5.16. The predicted molar refractivity (Wildman–Crippen MR) is 132 cm³/mol. The number of likely N-dealkylation sites (tertiary alicyclic amines) is 1. The zero-order valence-corrected chi connectivity index (χ0v) is 21.8. The molecular formula is C27H29F7N3O3+. The van der Waals surface area contributed by atoms with E-state index in [4.69, 9.17) is 0 Å². The topological polar surface area (TPSA) is 60.9 Å². The Morgan fingerprint density at radius 3 is 1.98 bits per heavy atom. The molecule has 0 spiro atoms. The molecule has 2 fully saturated rings. The van der Waals surface area contributed by atoms with Gasteiger partial charge in [-0.25, -0.2) is 4.39 Å². The molecule has 0 saturated carbocycles. The number of piperazine rings is 1. The average molecular weight is 577 g/mol. The van der Waals surface area contributed by atoms with Crippen LogP contribution in [0, 0.1) is 12.7 Å². The van der Waals surface area contributed by atoms with Gasteiger partial charge in [-0.05, 0) is 36.8 Å². The molecule has 3 atom stereocenters. The number of hydrogen-bond acceptors (Lipinski definition) is 3. The van der Waals surface area contributed by atoms with Crippen LogP contribution in [0.5, 0.6) is 0 Å². The first-order chi connectivity index (χ1) is 18.5. The zero-order chi connectivity index (χ0) is 29.6. The van der Waals surface area contributed by atoms with Crippen LogP contribution in [0.2, 0.25) is 0 Å². The second-order valence-corrected chi connectivity index (χ2v) is 10.4. The number of piperidine rings is 1. The van der Waals surface area contributed by atoms with E-state index in [9.17, 15) is 45.4 Å². The molecule has 0 aromatic heterocycles. The van der Waals surface area contributed by atoms with Crippen molar-refractivity contribution in [2.45, 2.75) is 51.1 Å². The number of carboxylic acid groups (broad SMARTS) is 1. The van der Waals surface area contributed by atoms with Crippen LogP contribution in [0.15, 0.2) is 36.4 Å². The van der Waals surface area contributed by atoms with E-state index < -0.39 is 51.6 Å². The lowest BCUT2D eigenvalue weighted by atomic mass is 9.85. The van der Waals surface area contributed by atoms with Crippen LogP contribution in [0.4, 0.5) is 41.2 Å². The van der Waals surface area contributed by atoms with Crippen molar-refractivity contribution in [3.63, 3.8) is 0 Å². The number of carbonyl (C=O) groups excluding carboxylic acids is 1. The van der Waals surface area contributed by atoms with Crippen LogP contribution < -0.4 is 4.48 Å². The van der Waals surface area contributed by atoms with Crippen LogP contribution in [-0.4, -0.2) is 65.7 Å². The highest BCUT2D eigenvalue weighted by Crippen LogP contribution is 2.48. The Morgan fingerprint density at radius 1 is 0.925 bits per heavy atom. The molecule has 2 aliphatic heterocycles. The van der Waals surface area contributed by atoms with Gasteiger partial charge in [-0.3, -0.25) is 9.69 Å². The third kappa shape index (κ3) is 5.67. The summed E-state index contributed by atoms with van der Waals surface area (Å²) in [6, 6.07) is 3.15. The molecule has 40 heavy (non-hydrogen) atoms. The zero-order valence-electron chi connectivity index (χ0n) is 21.8. The van der Waals surface area contributed by atoms with Gasteiger partial charge in [0.25, 0.3) is 0 Å². The van der Waals surface area contributed by atoms with Gasteiger partial charge in [0.2, 0.25) is 5.91 Å². The van der Waals surface area contributed by atoms with Crippen LogP contribution in [0.3, 0.4) is 0 Å². The molecule has 4 rings (SSSR count). The Hall–Kier alpha value is -3.19. The standard InChI is InChI=1S/C27H28F7N3O3/c1-16-11-20(28)3-4-23(16)24-15-21(36-8-6-35(7-9-36)17(2)38)5-10-37(24,25(39)40)22-13-18(26(29,30)31)12-19(14-22)27(32,33)34/h3-4,11-14,21,24H,5-10,15H2,1-2H3/p+1/t21-,24+,37+/m0/s1. The molecule has 2 aromatic carbocycles. The molecule has 0 unspecified atom stereocenters. The quantitative estimate of drug-likeness (QED) is 0.348. The van der Waals surface area contributed by atoms with Crippen LogP contribution in [-0.2, 0) is 17.1 Å². The Balaban J connectivity index is 1.86. The van der Waals surface area contributed by atoms with Crippen molar-refractivity contribution in [3.8, 4) is 0 Å². The summed E-state index contributed by atoms with van der Waals surface area (Å²) in [5.74, 6) is -0.699. The summed E-state index contributed by atoms with van der Waals surface area (Å²) in [5.41, 5.74) is -3.20. The maximum Gasteiger partial charge on any atom is 0.519 e. The first-order valence-electron chi connectivity index (χ1n) is 12.7. The first-order valence-corrected chi connectivity index (χ1v) is 12.7. The van der Waals surface area contributed by atoms with Crippen molar-refractivity contribution < 1.29 is 45.4 Å². The van der Waals surface area contributed by atoms with Crippen molar-refractivity contribution >= 4 is 17.7 Å². The summed E-state index contributed by atoms with van der Waals surface area (Å²) in [6.45, 7) is 4.51. The van der Waals surface area contributed by atoms with Gasteiger partial charge < -0.3 is 10.0 Å². The number of carbonyl (C=O) groups is 2. The minimum Gasteiger partial charge on any atom is -0.435 e. The monoisotopic (exact) mass is 576 g/mol. The lowest BCUT2D eigenvalue weighted by Gasteiger charge is -2.49. The molecule has 2 aliphatic rings. The van der Waals surface area contributed by atoms with E-state index in [1.807, 2.05) is 0 Å². The molecule has 0 bridgehead atoms. The number of hydrogen-bond donors (Lipinski definition) is 1. The Morgan fingerprint density at radius 2 is 1.50 bits per heavy atom. The third-order valence-electron chi connectivity index (χ3n) is 8.08. The molecule has 0 radical (unpaired) electrons. The van der Waals surface area contributed by atoms with Gasteiger partial charge in [0.05, 0.1) is 17.7 Å². The molecule has 1 N–H and O–H groups in total. The first kappa shape index (κ1) is 29.8. The number of quaternary nitrogens is 1. The summed E-state index contributed by atoms with van der Waals surface area (Å²) in [4.78, 5) is 28.5. The van der Waals surface area contributed by atoms with Crippen molar-refractivity contribution in [2.75, 3.05) is 32.7 Å². The summed E-state index contributed by atoms with van der Waals surface area (Å²) in [7, 11) is 0. The van der Waals surface area contributed by atoms with E-state index >= 15 is 0 Å². The van der Waals surface area contributed by atoms with E-state index in [-0.39, 0.29) is 37.4 Å². The Bertz CT molecular complexity index is 1260. The second-order valence-electron chi connectivity index (χ2n) is 10.4. The highest BCUT2D eigenvalue weighted by Gasteiger charge is 2.54. The molecule has 218 valence electrons. The second kappa shape index (κ2) is 10.7. The van der Waals surface area contributed by atoms with Gasteiger partial charge in [0, 0.05) is 69.7 Å². The molecule has 2 aromatic rings. The molecular weight excluding hydrogens is 547 g/mol. The summed E-state index contributed by atoms with van der Waals surface area (Å²) in [6.07, 6.45) is -11.7. The van der Waals surface area contributed by atoms with Gasteiger partial charge >= 0.3 is 18.4 Å². The van der Waals surface area contributed by atoms with Crippen molar-refractivity contribution in [1.82, 2.24) is 14.3 Å². The fourth-order valence-electron chi connectivity index (χ4n) is 5.99. The Kier molecular flexibility index (Phi) is 7.94. The van der Waals surface area contributed by atoms with Crippen molar-refractivity contribution in [2.24, 2.45) is 0 Å². The molecule has 13 heteroatoms. The smallest absolute Gasteiger partial charge is 0.435 e. The average Bonchev–Trinajstić information content (AvgIpc) is 2.87. The molecule has 2 amide bonds. The van der Waals surface area contributed by atoms with E-state index in [1.54, 1.807) is 4.90 Å². The summed E-state index contributed by atoms with van der Waals surface area (Å²) < 4.78 is 95.3. The SMILES string of the molecule is CC(=O)N1CCN([C@H]2CC[N@@+](C(=O)O)(c3cc(C(F)(F)F)cc(C(F)(F)F)c3)[C@@H](c3ccc(F)cc3C)C2)CC1. The normalized spacial score (nSPS) is 24.7. The van der Waals surface area contributed by atoms with Crippen molar-refractivity contribution in [1.29, 1.82) is 0 Å². The number of nitrogens with zero attached hydrogens (tertiary/aromatic N) is 3.